The van der Waals surface area contributed by atoms with Crippen LogP contribution in [-0.4, -0.2) is 50.8 Å². The predicted octanol–water partition coefficient (Wildman–Crippen LogP) is 2.37. The van der Waals surface area contributed by atoms with Crippen molar-refractivity contribution in [1.82, 2.24) is 10.2 Å². The largest absolute Gasteiger partial charge is 0.380 e. The van der Waals surface area contributed by atoms with Crippen LogP contribution in [-0.2, 0) is 4.74 Å². The van der Waals surface area contributed by atoms with Crippen LogP contribution in [0.15, 0.2) is 0 Å². The lowest BCUT2D eigenvalue weighted by Crippen LogP contribution is -2.42. The van der Waals surface area contributed by atoms with Gasteiger partial charge < -0.3 is 15.0 Å². The smallest absolute Gasteiger partial charge is 0.0710 e. The summed E-state index contributed by atoms with van der Waals surface area (Å²) in [5.74, 6) is 0.732. The molecule has 3 heteroatoms. The SMILES string of the molecule is CCC(C)(CNCC(C)C)CN1CCC(OC)C1. The van der Waals surface area contributed by atoms with E-state index < -0.39 is 0 Å². The zero-order valence-electron chi connectivity index (χ0n) is 13.0. The molecule has 0 aliphatic carbocycles. The summed E-state index contributed by atoms with van der Waals surface area (Å²) in [6.45, 7) is 15.0. The summed E-state index contributed by atoms with van der Waals surface area (Å²) in [5.41, 5.74) is 0.386. The van der Waals surface area contributed by atoms with Gasteiger partial charge in [0.25, 0.3) is 0 Å². The molecule has 1 fully saturated rings. The summed E-state index contributed by atoms with van der Waals surface area (Å²) < 4.78 is 5.44. The first-order chi connectivity index (χ1) is 8.49. The van der Waals surface area contributed by atoms with E-state index in [4.69, 9.17) is 4.74 Å². The Labute approximate surface area is 113 Å². The highest BCUT2D eigenvalue weighted by molar-refractivity contribution is 4.84. The lowest BCUT2D eigenvalue weighted by atomic mass is 9.86. The molecular weight excluding hydrogens is 224 g/mol. The van der Waals surface area contributed by atoms with Gasteiger partial charge in [-0.15, -0.1) is 0 Å². The van der Waals surface area contributed by atoms with Gasteiger partial charge in [-0.05, 0) is 30.7 Å². The van der Waals surface area contributed by atoms with Crippen LogP contribution < -0.4 is 5.32 Å². The van der Waals surface area contributed by atoms with Crippen molar-refractivity contribution in [2.24, 2.45) is 11.3 Å². The molecule has 18 heavy (non-hydrogen) atoms. The first-order valence-electron chi connectivity index (χ1n) is 7.45. The lowest BCUT2D eigenvalue weighted by molar-refractivity contribution is 0.0980. The van der Waals surface area contributed by atoms with E-state index in [1.165, 1.54) is 25.9 Å². The Kier molecular flexibility index (Phi) is 6.61. The fraction of sp³-hybridized carbons (Fsp3) is 1.00. The number of rotatable bonds is 8. The van der Waals surface area contributed by atoms with Gasteiger partial charge >= 0.3 is 0 Å². The Morgan fingerprint density at radius 3 is 2.67 bits per heavy atom. The topological polar surface area (TPSA) is 24.5 Å². The molecule has 0 radical (unpaired) electrons. The van der Waals surface area contributed by atoms with E-state index >= 15 is 0 Å². The van der Waals surface area contributed by atoms with E-state index in [0.29, 0.717) is 11.5 Å². The Bertz CT molecular complexity index is 233. The molecule has 0 spiro atoms. The minimum Gasteiger partial charge on any atom is -0.380 e. The molecule has 0 amide bonds. The molecule has 1 heterocycles. The number of nitrogens with one attached hydrogen (secondary N) is 1. The summed E-state index contributed by atoms with van der Waals surface area (Å²) in [6.07, 6.45) is 2.87. The zero-order valence-corrected chi connectivity index (χ0v) is 13.0. The summed E-state index contributed by atoms with van der Waals surface area (Å²) in [4.78, 5) is 2.56. The summed E-state index contributed by atoms with van der Waals surface area (Å²) in [6, 6.07) is 0. The maximum absolute atomic E-state index is 5.44. The van der Waals surface area contributed by atoms with Gasteiger partial charge in [-0.25, -0.2) is 0 Å². The van der Waals surface area contributed by atoms with Crippen molar-refractivity contribution in [1.29, 1.82) is 0 Å². The molecule has 1 aliphatic rings. The summed E-state index contributed by atoms with van der Waals surface area (Å²) >= 11 is 0. The van der Waals surface area contributed by atoms with Crippen molar-refractivity contribution < 1.29 is 4.74 Å². The second-order valence-corrected chi connectivity index (χ2v) is 6.57. The van der Waals surface area contributed by atoms with E-state index in [-0.39, 0.29) is 0 Å². The van der Waals surface area contributed by atoms with Crippen molar-refractivity contribution in [2.75, 3.05) is 39.8 Å². The van der Waals surface area contributed by atoms with E-state index in [1.54, 1.807) is 0 Å². The second kappa shape index (κ2) is 7.46. The minimum absolute atomic E-state index is 0.386. The predicted molar refractivity (Wildman–Crippen MR) is 78.0 cm³/mol. The standard InChI is InChI=1S/C15H32N2O/c1-6-15(4,11-16-9-13(2)3)12-17-8-7-14(10-17)18-5/h13-14,16H,6-12H2,1-5H3. The number of ether oxygens (including phenoxy) is 1. The number of methoxy groups -OCH3 is 1. The van der Waals surface area contributed by atoms with Gasteiger partial charge in [-0.3, -0.25) is 0 Å². The van der Waals surface area contributed by atoms with Crippen LogP contribution in [0.3, 0.4) is 0 Å². The normalized spacial score (nSPS) is 24.7. The van der Waals surface area contributed by atoms with Gasteiger partial charge in [0.05, 0.1) is 6.10 Å². The van der Waals surface area contributed by atoms with Crippen molar-refractivity contribution in [3.63, 3.8) is 0 Å². The third kappa shape index (κ3) is 5.25. The van der Waals surface area contributed by atoms with E-state index in [2.05, 4.69) is 37.9 Å². The van der Waals surface area contributed by atoms with Crippen molar-refractivity contribution in [2.45, 2.75) is 46.6 Å². The van der Waals surface area contributed by atoms with Gasteiger partial charge in [-0.2, -0.15) is 0 Å². The Morgan fingerprint density at radius 2 is 2.17 bits per heavy atom. The molecule has 0 aromatic heterocycles. The molecule has 108 valence electrons. The van der Waals surface area contributed by atoms with Crippen LogP contribution in [0.25, 0.3) is 0 Å². The molecule has 1 rings (SSSR count). The fourth-order valence-corrected chi connectivity index (χ4v) is 2.63. The molecular formula is C15H32N2O. The first-order valence-corrected chi connectivity index (χ1v) is 7.45. The Balaban J connectivity index is 2.35. The van der Waals surface area contributed by atoms with E-state index in [9.17, 15) is 0 Å². The maximum atomic E-state index is 5.44. The van der Waals surface area contributed by atoms with Crippen LogP contribution in [0.5, 0.6) is 0 Å². The highest BCUT2D eigenvalue weighted by Crippen LogP contribution is 2.24. The minimum atomic E-state index is 0.386. The quantitative estimate of drug-likeness (QED) is 0.721. The van der Waals surface area contributed by atoms with Gasteiger partial charge in [0.2, 0.25) is 0 Å². The summed E-state index contributed by atoms with van der Waals surface area (Å²) in [7, 11) is 1.83. The number of likely N-dealkylation sites (tertiary alicyclic amines) is 1. The molecule has 1 aliphatic heterocycles. The molecule has 0 saturated carbocycles. The molecule has 0 bridgehead atoms. The highest BCUT2D eigenvalue weighted by atomic mass is 16.5. The van der Waals surface area contributed by atoms with Gasteiger partial charge in [0.15, 0.2) is 0 Å². The Hall–Kier alpha value is -0.120. The molecule has 1 N–H and O–H groups in total. The van der Waals surface area contributed by atoms with Crippen LogP contribution in [0, 0.1) is 11.3 Å². The third-order valence-electron chi connectivity index (χ3n) is 4.13. The summed E-state index contributed by atoms with van der Waals surface area (Å²) in [5, 5.41) is 3.62. The zero-order chi connectivity index (χ0) is 13.6. The van der Waals surface area contributed by atoms with E-state index in [1.807, 2.05) is 7.11 Å². The van der Waals surface area contributed by atoms with Crippen molar-refractivity contribution >= 4 is 0 Å². The maximum Gasteiger partial charge on any atom is 0.0710 e. The molecule has 0 aromatic rings. The molecule has 1 saturated heterocycles. The molecule has 2 unspecified atom stereocenters. The number of hydrogen-bond acceptors (Lipinski definition) is 3. The molecule has 2 atom stereocenters. The number of nitrogens with zero attached hydrogens (tertiary/aromatic N) is 1. The lowest BCUT2D eigenvalue weighted by Gasteiger charge is -2.33. The molecule has 3 nitrogen and oxygen atoms in total. The third-order valence-corrected chi connectivity index (χ3v) is 4.13. The van der Waals surface area contributed by atoms with Crippen LogP contribution in [0.4, 0.5) is 0 Å². The monoisotopic (exact) mass is 256 g/mol. The van der Waals surface area contributed by atoms with Gasteiger partial charge in [0, 0.05) is 33.3 Å². The fourth-order valence-electron chi connectivity index (χ4n) is 2.63. The van der Waals surface area contributed by atoms with E-state index in [0.717, 1.165) is 25.6 Å². The van der Waals surface area contributed by atoms with Gasteiger partial charge in [-0.1, -0.05) is 27.7 Å². The van der Waals surface area contributed by atoms with Crippen LogP contribution in [0.1, 0.15) is 40.5 Å². The van der Waals surface area contributed by atoms with Crippen LogP contribution >= 0.6 is 0 Å². The van der Waals surface area contributed by atoms with Crippen molar-refractivity contribution in [3.8, 4) is 0 Å². The average Bonchev–Trinajstić information content (AvgIpc) is 2.76. The first kappa shape index (κ1) is 15.9. The highest BCUT2D eigenvalue weighted by Gasteiger charge is 2.29. The number of hydrogen-bond donors (Lipinski definition) is 1. The van der Waals surface area contributed by atoms with Crippen molar-refractivity contribution in [3.05, 3.63) is 0 Å². The van der Waals surface area contributed by atoms with Gasteiger partial charge in [0.1, 0.15) is 0 Å². The average molecular weight is 256 g/mol. The molecule has 0 aromatic carbocycles. The second-order valence-electron chi connectivity index (χ2n) is 6.57. The van der Waals surface area contributed by atoms with Crippen LogP contribution in [0.2, 0.25) is 0 Å². The Morgan fingerprint density at radius 1 is 1.44 bits per heavy atom.